The van der Waals surface area contributed by atoms with Gasteiger partial charge in [0.25, 0.3) is 0 Å². The molecule has 1 amide bonds. The first-order valence-corrected chi connectivity index (χ1v) is 7.30. The molecule has 0 aromatic heterocycles. The highest BCUT2D eigenvalue weighted by molar-refractivity contribution is 9.10. The molecule has 0 heterocycles. The van der Waals surface area contributed by atoms with E-state index in [-0.39, 0.29) is 11.5 Å². The van der Waals surface area contributed by atoms with Crippen molar-refractivity contribution in [1.29, 1.82) is 0 Å². The van der Waals surface area contributed by atoms with Crippen molar-refractivity contribution in [3.05, 3.63) is 22.7 Å². The maximum Gasteiger partial charge on any atom is 0.238 e. The van der Waals surface area contributed by atoms with Gasteiger partial charge in [-0.25, -0.2) is 13.6 Å². The van der Waals surface area contributed by atoms with Crippen LogP contribution < -0.4 is 15.6 Å². The molecule has 0 radical (unpaired) electrons. The van der Waals surface area contributed by atoms with Crippen molar-refractivity contribution >= 4 is 31.9 Å². The van der Waals surface area contributed by atoms with E-state index >= 15 is 0 Å². The molecule has 0 aliphatic rings. The third kappa shape index (κ3) is 3.97. The third-order valence-electron chi connectivity index (χ3n) is 2.21. The van der Waals surface area contributed by atoms with Crippen LogP contribution in [0, 0.1) is 5.92 Å². The van der Waals surface area contributed by atoms with Crippen LogP contribution in [0.3, 0.4) is 0 Å². The maximum absolute atomic E-state index is 11.1. The molecule has 0 spiro atoms. The monoisotopic (exact) mass is 336 g/mol. The second-order valence-electron chi connectivity index (χ2n) is 3.75. The molecule has 1 aromatic carbocycles. The van der Waals surface area contributed by atoms with E-state index in [2.05, 4.69) is 15.9 Å². The standard InChI is InChI=1S/C10H13BrN2O4S/c1-6(10(12)14)5-17-9-3-2-7(4-8(9)11)18(13,15)16/h2-4,6H,5H2,1H3,(H2,12,14)(H2,13,15,16). The fourth-order valence-electron chi connectivity index (χ4n) is 1.07. The number of sulfonamides is 1. The number of carbonyl (C=O) groups excluding carboxylic acids is 1. The lowest BCUT2D eigenvalue weighted by Crippen LogP contribution is -2.25. The fraction of sp³-hybridized carbons (Fsp3) is 0.300. The summed E-state index contributed by atoms with van der Waals surface area (Å²) in [5.74, 6) is -0.488. The minimum atomic E-state index is -3.75. The zero-order valence-corrected chi connectivity index (χ0v) is 12.0. The first kappa shape index (κ1) is 14.9. The van der Waals surface area contributed by atoms with Gasteiger partial charge < -0.3 is 10.5 Å². The largest absolute Gasteiger partial charge is 0.492 e. The van der Waals surface area contributed by atoms with Gasteiger partial charge in [0.15, 0.2) is 0 Å². The lowest BCUT2D eigenvalue weighted by atomic mass is 10.2. The van der Waals surface area contributed by atoms with Gasteiger partial charge in [0.2, 0.25) is 15.9 Å². The SMILES string of the molecule is CC(COc1ccc(S(N)(=O)=O)cc1Br)C(N)=O. The normalized spacial score (nSPS) is 13.1. The van der Waals surface area contributed by atoms with Crippen LogP contribution in [0.25, 0.3) is 0 Å². The maximum atomic E-state index is 11.1. The molecular weight excluding hydrogens is 324 g/mol. The number of nitrogens with two attached hydrogens (primary N) is 2. The fourth-order valence-corrected chi connectivity index (χ4v) is 2.26. The van der Waals surface area contributed by atoms with E-state index in [1.54, 1.807) is 6.92 Å². The molecule has 8 heteroatoms. The van der Waals surface area contributed by atoms with Crippen LogP contribution in [0.4, 0.5) is 0 Å². The van der Waals surface area contributed by atoms with Crippen molar-refractivity contribution < 1.29 is 17.9 Å². The second-order valence-corrected chi connectivity index (χ2v) is 6.17. The number of carbonyl (C=O) groups is 1. The van der Waals surface area contributed by atoms with Crippen molar-refractivity contribution in [1.82, 2.24) is 0 Å². The van der Waals surface area contributed by atoms with Gasteiger partial charge in [-0.2, -0.15) is 0 Å². The van der Waals surface area contributed by atoms with Gasteiger partial charge >= 0.3 is 0 Å². The summed E-state index contributed by atoms with van der Waals surface area (Å²) in [6, 6.07) is 4.11. The first-order valence-electron chi connectivity index (χ1n) is 4.96. The van der Waals surface area contributed by atoms with Crippen molar-refractivity contribution in [2.45, 2.75) is 11.8 Å². The Morgan fingerprint density at radius 1 is 1.50 bits per heavy atom. The van der Waals surface area contributed by atoms with Crippen LogP contribution in [0.15, 0.2) is 27.6 Å². The summed E-state index contributed by atoms with van der Waals surface area (Å²) in [6.45, 7) is 1.75. The van der Waals surface area contributed by atoms with Crippen LogP contribution in [-0.4, -0.2) is 20.9 Å². The average molecular weight is 337 g/mol. The number of benzene rings is 1. The number of hydrogen-bond donors (Lipinski definition) is 2. The number of hydrogen-bond acceptors (Lipinski definition) is 4. The molecular formula is C10H13BrN2O4S. The van der Waals surface area contributed by atoms with E-state index in [1.807, 2.05) is 0 Å². The van der Waals surface area contributed by atoms with Gasteiger partial charge in [-0.3, -0.25) is 4.79 Å². The van der Waals surface area contributed by atoms with E-state index in [0.29, 0.717) is 10.2 Å². The molecule has 0 saturated carbocycles. The van der Waals surface area contributed by atoms with Gasteiger partial charge in [-0.05, 0) is 34.1 Å². The Kier molecular flexibility index (Phi) is 4.71. The van der Waals surface area contributed by atoms with Crippen LogP contribution in [0.2, 0.25) is 0 Å². The lowest BCUT2D eigenvalue weighted by Gasteiger charge is -2.11. The topological polar surface area (TPSA) is 112 Å². The minimum Gasteiger partial charge on any atom is -0.492 e. The number of rotatable bonds is 5. The van der Waals surface area contributed by atoms with Crippen LogP contribution >= 0.6 is 15.9 Å². The Labute approximate surface area is 113 Å². The summed E-state index contributed by atoms with van der Waals surface area (Å²) in [4.78, 5) is 10.8. The van der Waals surface area contributed by atoms with Gasteiger partial charge in [0, 0.05) is 0 Å². The predicted octanol–water partition coefficient (Wildman–Crippen LogP) is 0.597. The summed E-state index contributed by atoms with van der Waals surface area (Å²) in [7, 11) is -3.75. The molecule has 4 N–H and O–H groups in total. The van der Waals surface area contributed by atoms with E-state index in [0.717, 1.165) is 0 Å². The zero-order valence-electron chi connectivity index (χ0n) is 9.59. The minimum absolute atomic E-state index is 0.0234. The Bertz CT molecular complexity index is 559. The second kappa shape index (κ2) is 5.68. The number of amides is 1. The van der Waals surface area contributed by atoms with E-state index in [4.69, 9.17) is 15.6 Å². The third-order valence-corrected chi connectivity index (χ3v) is 3.74. The number of primary amides is 1. The lowest BCUT2D eigenvalue weighted by molar-refractivity contribution is -0.122. The average Bonchev–Trinajstić information content (AvgIpc) is 2.25. The van der Waals surface area contributed by atoms with Crippen molar-refractivity contribution in [2.75, 3.05) is 6.61 Å². The van der Waals surface area contributed by atoms with E-state index in [9.17, 15) is 13.2 Å². The van der Waals surface area contributed by atoms with Crippen molar-refractivity contribution in [3.63, 3.8) is 0 Å². The molecule has 0 bridgehead atoms. The Morgan fingerprint density at radius 2 is 2.11 bits per heavy atom. The summed E-state index contributed by atoms with van der Waals surface area (Å²) in [5.41, 5.74) is 5.09. The van der Waals surface area contributed by atoms with Gasteiger partial charge in [0.05, 0.1) is 21.9 Å². The quantitative estimate of drug-likeness (QED) is 0.819. The van der Waals surface area contributed by atoms with Crippen molar-refractivity contribution in [2.24, 2.45) is 16.8 Å². The molecule has 100 valence electrons. The first-order chi connectivity index (χ1) is 8.21. The highest BCUT2D eigenvalue weighted by Gasteiger charge is 2.13. The molecule has 18 heavy (non-hydrogen) atoms. The predicted molar refractivity (Wildman–Crippen MR) is 69.4 cm³/mol. The van der Waals surface area contributed by atoms with Gasteiger partial charge in [0.1, 0.15) is 5.75 Å². The molecule has 0 fully saturated rings. The molecule has 0 aliphatic heterocycles. The summed E-state index contributed by atoms with van der Waals surface area (Å²) in [6.07, 6.45) is 0. The molecule has 0 aliphatic carbocycles. The van der Waals surface area contributed by atoms with Crippen LogP contribution in [-0.2, 0) is 14.8 Å². The number of primary sulfonamides is 1. The summed E-state index contributed by atoms with van der Waals surface area (Å²) >= 11 is 3.17. The Balaban J connectivity index is 2.84. The van der Waals surface area contributed by atoms with E-state index in [1.165, 1.54) is 18.2 Å². The molecule has 0 saturated heterocycles. The molecule has 1 rings (SSSR count). The Morgan fingerprint density at radius 3 is 2.56 bits per heavy atom. The number of halogens is 1. The molecule has 6 nitrogen and oxygen atoms in total. The van der Waals surface area contributed by atoms with Crippen molar-refractivity contribution in [3.8, 4) is 5.75 Å². The molecule has 1 unspecified atom stereocenters. The Hall–Kier alpha value is -1.12. The van der Waals surface area contributed by atoms with Crippen LogP contribution in [0.1, 0.15) is 6.92 Å². The summed E-state index contributed by atoms with van der Waals surface area (Å²) < 4.78 is 28.0. The highest BCUT2D eigenvalue weighted by Crippen LogP contribution is 2.27. The number of ether oxygens (including phenoxy) is 1. The zero-order chi connectivity index (χ0) is 13.9. The van der Waals surface area contributed by atoms with E-state index < -0.39 is 21.8 Å². The van der Waals surface area contributed by atoms with Crippen LogP contribution in [0.5, 0.6) is 5.75 Å². The molecule has 1 atom stereocenters. The molecule has 1 aromatic rings. The smallest absolute Gasteiger partial charge is 0.238 e. The van der Waals surface area contributed by atoms with Gasteiger partial charge in [-0.15, -0.1) is 0 Å². The highest BCUT2D eigenvalue weighted by atomic mass is 79.9. The van der Waals surface area contributed by atoms with Gasteiger partial charge in [-0.1, -0.05) is 6.92 Å². The summed E-state index contributed by atoms with van der Waals surface area (Å²) in [5, 5.41) is 4.99.